The molecule has 3 nitrogen and oxygen atoms in total. The highest BCUT2D eigenvalue weighted by Crippen LogP contribution is 2.59. The predicted molar refractivity (Wildman–Crippen MR) is 92.4 cm³/mol. The van der Waals surface area contributed by atoms with Crippen molar-refractivity contribution < 1.29 is 4.79 Å². The van der Waals surface area contributed by atoms with Crippen LogP contribution < -0.4 is 5.32 Å². The molecule has 0 radical (unpaired) electrons. The van der Waals surface area contributed by atoms with Crippen molar-refractivity contribution in [1.29, 1.82) is 0 Å². The first-order valence-electron chi connectivity index (χ1n) is 7.88. The number of nitrogens with zero attached hydrogens (tertiary/aromatic N) is 1. The molecule has 0 bridgehead atoms. The molecule has 1 amide bonds. The average molecular weight is 343 g/mol. The van der Waals surface area contributed by atoms with Gasteiger partial charge in [-0.3, -0.25) is 4.79 Å². The van der Waals surface area contributed by atoms with E-state index in [0.717, 1.165) is 49.5 Å². The van der Waals surface area contributed by atoms with E-state index in [4.69, 9.17) is 11.6 Å². The molecule has 1 unspecified atom stereocenters. The number of piperidine rings is 1. The summed E-state index contributed by atoms with van der Waals surface area (Å²) in [7, 11) is 0. The van der Waals surface area contributed by atoms with Crippen LogP contribution >= 0.6 is 24.0 Å². The van der Waals surface area contributed by atoms with Crippen LogP contribution in [0, 0.1) is 11.3 Å². The Morgan fingerprint density at radius 2 is 1.95 bits per heavy atom. The van der Waals surface area contributed by atoms with Crippen molar-refractivity contribution in [1.82, 2.24) is 10.2 Å². The molecule has 2 fully saturated rings. The molecular formula is C17H24Cl2N2O. The summed E-state index contributed by atoms with van der Waals surface area (Å²) in [6.07, 6.45) is 3.40. The number of hydrogen-bond donors (Lipinski definition) is 1. The van der Waals surface area contributed by atoms with E-state index in [9.17, 15) is 4.79 Å². The van der Waals surface area contributed by atoms with Crippen molar-refractivity contribution in [3.8, 4) is 0 Å². The van der Waals surface area contributed by atoms with Gasteiger partial charge in [-0.05, 0) is 62.4 Å². The van der Waals surface area contributed by atoms with Gasteiger partial charge in [0.2, 0.25) is 5.91 Å². The third-order valence-electron chi connectivity index (χ3n) is 5.07. The van der Waals surface area contributed by atoms with Crippen molar-refractivity contribution in [2.75, 3.05) is 19.6 Å². The number of carbonyl (C=O) groups is 1. The molecule has 1 N–H and O–H groups in total. The van der Waals surface area contributed by atoms with Crippen molar-refractivity contribution in [2.24, 2.45) is 11.3 Å². The summed E-state index contributed by atoms with van der Waals surface area (Å²) in [4.78, 5) is 14.8. The number of hydrogen-bond acceptors (Lipinski definition) is 2. The largest absolute Gasteiger partial charge is 0.338 e. The number of benzene rings is 1. The molecule has 22 heavy (non-hydrogen) atoms. The van der Waals surface area contributed by atoms with Crippen LogP contribution in [0.1, 0.15) is 31.7 Å². The van der Waals surface area contributed by atoms with Crippen molar-refractivity contribution in [3.63, 3.8) is 0 Å². The fourth-order valence-electron chi connectivity index (χ4n) is 3.55. The summed E-state index contributed by atoms with van der Waals surface area (Å²) in [5.41, 5.74) is 1.46. The Kier molecular flexibility index (Phi) is 5.76. The SMILES string of the molecule is CCN(Cc1ccc(Cl)cc1)C(=O)C1CC12CCNCC2.Cl. The topological polar surface area (TPSA) is 32.3 Å². The quantitative estimate of drug-likeness (QED) is 0.908. The minimum Gasteiger partial charge on any atom is -0.338 e. The lowest BCUT2D eigenvalue weighted by Crippen LogP contribution is -2.36. The molecular weight excluding hydrogens is 319 g/mol. The van der Waals surface area contributed by atoms with Crippen LogP contribution in [-0.2, 0) is 11.3 Å². The second-order valence-electron chi connectivity index (χ2n) is 6.35. The summed E-state index contributed by atoms with van der Waals surface area (Å²) in [6, 6.07) is 7.79. The number of amides is 1. The molecule has 1 spiro atoms. The molecule has 1 aromatic carbocycles. The second kappa shape index (κ2) is 7.20. The Morgan fingerprint density at radius 3 is 2.55 bits per heavy atom. The summed E-state index contributed by atoms with van der Waals surface area (Å²) in [5.74, 6) is 0.598. The van der Waals surface area contributed by atoms with Crippen molar-refractivity contribution >= 4 is 29.9 Å². The third-order valence-corrected chi connectivity index (χ3v) is 5.32. The molecule has 122 valence electrons. The van der Waals surface area contributed by atoms with Gasteiger partial charge in [-0.15, -0.1) is 12.4 Å². The van der Waals surface area contributed by atoms with Gasteiger partial charge < -0.3 is 10.2 Å². The summed E-state index contributed by atoms with van der Waals surface area (Å²) in [5, 5.41) is 4.13. The summed E-state index contributed by atoms with van der Waals surface area (Å²) >= 11 is 5.92. The minimum absolute atomic E-state index is 0. The first kappa shape index (κ1) is 17.6. The molecule has 1 saturated carbocycles. The second-order valence-corrected chi connectivity index (χ2v) is 6.78. The fourth-order valence-corrected chi connectivity index (χ4v) is 3.68. The maximum absolute atomic E-state index is 12.8. The van der Waals surface area contributed by atoms with Gasteiger partial charge >= 0.3 is 0 Å². The molecule has 3 rings (SSSR count). The first-order chi connectivity index (χ1) is 10.1. The summed E-state index contributed by atoms with van der Waals surface area (Å²) < 4.78 is 0. The Bertz CT molecular complexity index is 512. The van der Waals surface area contributed by atoms with Crippen LogP contribution in [0.25, 0.3) is 0 Å². The Labute approximate surface area is 143 Å². The molecule has 0 aromatic heterocycles. The van der Waals surface area contributed by atoms with Crippen LogP contribution in [0.15, 0.2) is 24.3 Å². The lowest BCUT2D eigenvalue weighted by atomic mass is 9.91. The molecule has 1 atom stereocenters. The monoisotopic (exact) mass is 342 g/mol. The molecule has 2 aliphatic rings. The lowest BCUT2D eigenvalue weighted by Gasteiger charge is -2.26. The zero-order chi connectivity index (χ0) is 14.9. The van der Waals surface area contributed by atoms with E-state index in [1.165, 1.54) is 0 Å². The van der Waals surface area contributed by atoms with E-state index in [-0.39, 0.29) is 18.3 Å². The van der Waals surface area contributed by atoms with Crippen molar-refractivity contribution in [2.45, 2.75) is 32.7 Å². The zero-order valence-corrected chi connectivity index (χ0v) is 14.6. The number of rotatable bonds is 4. The van der Waals surface area contributed by atoms with Gasteiger partial charge in [0, 0.05) is 24.0 Å². The van der Waals surface area contributed by atoms with E-state index in [2.05, 4.69) is 12.2 Å². The number of halogens is 2. The Hall–Kier alpha value is -0.770. The van der Waals surface area contributed by atoms with Crippen LogP contribution in [0.4, 0.5) is 0 Å². The third kappa shape index (κ3) is 3.58. The van der Waals surface area contributed by atoms with E-state index in [1.54, 1.807) is 0 Å². The predicted octanol–water partition coefficient (Wildman–Crippen LogP) is 3.50. The molecule has 1 saturated heterocycles. The van der Waals surface area contributed by atoms with Crippen LogP contribution in [0.5, 0.6) is 0 Å². The maximum atomic E-state index is 12.8. The van der Waals surface area contributed by atoms with Gasteiger partial charge in [-0.1, -0.05) is 23.7 Å². The first-order valence-corrected chi connectivity index (χ1v) is 8.26. The van der Waals surface area contributed by atoms with Crippen LogP contribution in [-0.4, -0.2) is 30.4 Å². The zero-order valence-electron chi connectivity index (χ0n) is 13.0. The highest BCUT2D eigenvalue weighted by molar-refractivity contribution is 6.30. The van der Waals surface area contributed by atoms with Gasteiger partial charge in [-0.2, -0.15) is 0 Å². The van der Waals surface area contributed by atoms with E-state index in [1.807, 2.05) is 29.2 Å². The normalized spacial score (nSPS) is 22.0. The molecule has 5 heteroatoms. The molecule has 1 heterocycles. The average Bonchev–Trinajstić information content (AvgIpc) is 3.20. The molecule has 1 aliphatic carbocycles. The van der Waals surface area contributed by atoms with Gasteiger partial charge in [0.05, 0.1) is 0 Å². The van der Waals surface area contributed by atoms with E-state index >= 15 is 0 Å². The van der Waals surface area contributed by atoms with E-state index in [0.29, 0.717) is 17.9 Å². The highest BCUT2D eigenvalue weighted by atomic mass is 35.5. The van der Waals surface area contributed by atoms with Gasteiger partial charge in [0.1, 0.15) is 0 Å². The van der Waals surface area contributed by atoms with Crippen LogP contribution in [0.3, 0.4) is 0 Å². The Morgan fingerprint density at radius 1 is 1.32 bits per heavy atom. The molecule has 1 aliphatic heterocycles. The van der Waals surface area contributed by atoms with Crippen LogP contribution in [0.2, 0.25) is 5.02 Å². The Balaban J connectivity index is 0.00000176. The smallest absolute Gasteiger partial charge is 0.226 e. The van der Waals surface area contributed by atoms with Gasteiger partial charge in [-0.25, -0.2) is 0 Å². The fraction of sp³-hybridized carbons (Fsp3) is 0.588. The number of carbonyl (C=O) groups excluding carboxylic acids is 1. The van der Waals surface area contributed by atoms with Gasteiger partial charge in [0.15, 0.2) is 0 Å². The minimum atomic E-state index is 0. The van der Waals surface area contributed by atoms with Crippen molar-refractivity contribution in [3.05, 3.63) is 34.9 Å². The lowest BCUT2D eigenvalue weighted by molar-refractivity contribution is -0.134. The highest BCUT2D eigenvalue weighted by Gasteiger charge is 2.58. The summed E-state index contributed by atoms with van der Waals surface area (Å²) in [6.45, 7) is 5.65. The van der Waals surface area contributed by atoms with E-state index < -0.39 is 0 Å². The number of nitrogens with one attached hydrogen (secondary N) is 1. The standard InChI is InChI=1S/C17H23ClN2O.ClH/c1-2-20(12-13-3-5-14(18)6-4-13)16(21)15-11-17(15)7-9-19-10-8-17;/h3-6,15,19H,2,7-12H2,1H3;1H. The van der Waals surface area contributed by atoms with Gasteiger partial charge in [0.25, 0.3) is 0 Å². The maximum Gasteiger partial charge on any atom is 0.226 e. The molecule has 1 aromatic rings.